The van der Waals surface area contributed by atoms with Crippen LogP contribution in [0.15, 0.2) is 11.6 Å². The number of fused-ring (bicyclic) bond motifs is 1. The number of morpholine rings is 1. The summed E-state index contributed by atoms with van der Waals surface area (Å²) in [6, 6.07) is 0. The van der Waals surface area contributed by atoms with E-state index in [1.165, 1.54) is 15.7 Å². The molecule has 114 valence electrons. The van der Waals surface area contributed by atoms with Gasteiger partial charge in [-0.2, -0.15) is 9.38 Å². The molecule has 2 aromatic rings. The molecule has 0 spiro atoms. The molecule has 9 heteroatoms. The summed E-state index contributed by atoms with van der Waals surface area (Å²) in [4.78, 5) is 15.4. The fourth-order valence-electron chi connectivity index (χ4n) is 2.35. The van der Waals surface area contributed by atoms with Gasteiger partial charge in [0, 0.05) is 18.5 Å². The molecule has 3 rings (SSSR count). The second kappa shape index (κ2) is 5.24. The molecule has 0 radical (unpaired) electrons. The summed E-state index contributed by atoms with van der Waals surface area (Å²) in [5.74, 6) is -0.104. The zero-order chi connectivity index (χ0) is 15.0. The Morgan fingerprint density at radius 2 is 2.52 bits per heavy atom. The summed E-state index contributed by atoms with van der Waals surface area (Å²) >= 11 is 1.32. The number of rotatable bonds is 4. The Kier molecular flexibility index (Phi) is 3.56. The molecule has 1 saturated heterocycles. The minimum atomic E-state index is -0.480. The maximum Gasteiger partial charge on any atom is 0.393 e. The molecule has 3 heterocycles. The number of nitrogens with one attached hydrogen (secondary N) is 1. The Morgan fingerprint density at radius 3 is 3.24 bits per heavy atom. The highest BCUT2D eigenvalue weighted by atomic mass is 32.1. The predicted molar refractivity (Wildman–Crippen MR) is 77.0 cm³/mol. The summed E-state index contributed by atoms with van der Waals surface area (Å²) in [6.07, 6.45) is 1.45. The molecular formula is C12H16N4O4S. The molecule has 1 fully saturated rings. The van der Waals surface area contributed by atoms with Gasteiger partial charge in [0.15, 0.2) is 0 Å². The smallest absolute Gasteiger partial charge is 0.393 e. The summed E-state index contributed by atoms with van der Waals surface area (Å²) in [6.45, 7) is 5.62. The number of nitrogens with zero attached hydrogens (tertiary/aromatic N) is 3. The maximum absolute atomic E-state index is 11.2. The third-order valence-corrected chi connectivity index (χ3v) is 3.95. The molecule has 21 heavy (non-hydrogen) atoms. The highest BCUT2D eigenvalue weighted by molar-refractivity contribution is 7.15. The van der Waals surface area contributed by atoms with Gasteiger partial charge >= 0.3 is 11.7 Å². The molecule has 0 aromatic carbocycles. The summed E-state index contributed by atoms with van der Waals surface area (Å²) in [5, 5.41) is 16.2. The lowest BCUT2D eigenvalue weighted by Gasteiger charge is -2.36. The second-order valence-corrected chi connectivity index (χ2v) is 6.37. The summed E-state index contributed by atoms with van der Waals surface area (Å²) in [7, 11) is 0. The van der Waals surface area contributed by atoms with Gasteiger partial charge in [-0.15, -0.1) is 0 Å². The van der Waals surface area contributed by atoms with E-state index in [1.54, 1.807) is 11.6 Å². The first-order valence-corrected chi connectivity index (χ1v) is 7.45. The van der Waals surface area contributed by atoms with E-state index < -0.39 is 4.92 Å². The Bertz CT molecular complexity index is 665. The Morgan fingerprint density at radius 1 is 1.71 bits per heavy atom. The number of ether oxygens (including phenoxy) is 2. The minimum absolute atomic E-state index is 0.0406. The molecule has 0 saturated carbocycles. The van der Waals surface area contributed by atoms with Crippen molar-refractivity contribution in [2.24, 2.45) is 0 Å². The largest absolute Gasteiger partial charge is 0.469 e. The van der Waals surface area contributed by atoms with Crippen LogP contribution in [0.25, 0.3) is 4.96 Å². The van der Waals surface area contributed by atoms with E-state index in [4.69, 9.17) is 9.47 Å². The van der Waals surface area contributed by atoms with Crippen molar-refractivity contribution >= 4 is 22.1 Å². The highest BCUT2D eigenvalue weighted by Gasteiger charge is 2.30. The quantitative estimate of drug-likeness (QED) is 0.679. The minimum Gasteiger partial charge on any atom is -0.469 e. The highest BCUT2D eigenvalue weighted by Crippen LogP contribution is 2.30. The molecule has 2 aromatic heterocycles. The molecule has 1 atom stereocenters. The van der Waals surface area contributed by atoms with Crippen molar-refractivity contribution < 1.29 is 14.4 Å². The monoisotopic (exact) mass is 312 g/mol. The van der Waals surface area contributed by atoms with Crippen molar-refractivity contribution in [3.63, 3.8) is 0 Å². The molecule has 1 aliphatic heterocycles. The van der Waals surface area contributed by atoms with Gasteiger partial charge in [-0.05, 0) is 18.8 Å². The third kappa shape index (κ3) is 2.85. The summed E-state index contributed by atoms with van der Waals surface area (Å²) in [5.41, 5.74) is -0.271. The van der Waals surface area contributed by atoms with Crippen LogP contribution in [0.5, 0.6) is 5.88 Å². The van der Waals surface area contributed by atoms with Crippen molar-refractivity contribution in [2.45, 2.75) is 25.6 Å². The molecular weight excluding hydrogens is 296 g/mol. The fraction of sp³-hybridized carbons (Fsp3) is 0.583. The van der Waals surface area contributed by atoms with E-state index in [0.29, 0.717) is 11.5 Å². The number of imidazole rings is 1. The standard InChI is InChI=1S/C12H16N4O4S/c1-12(2)7-13-5-8(20-12)6-19-9-10(16(17)18)15-3-4-21-11(15)14-9/h3-4,8,13H,5-7H2,1-2H3. The lowest BCUT2D eigenvalue weighted by atomic mass is 10.1. The molecule has 0 amide bonds. The number of hydrogen-bond acceptors (Lipinski definition) is 7. The van der Waals surface area contributed by atoms with Crippen LogP contribution < -0.4 is 10.1 Å². The van der Waals surface area contributed by atoms with Crippen LogP contribution in [0.3, 0.4) is 0 Å². The first-order chi connectivity index (χ1) is 9.96. The van der Waals surface area contributed by atoms with Gasteiger partial charge < -0.3 is 24.9 Å². The average Bonchev–Trinajstić information content (AvgIpc) is 2.94. The zero-order valence-electron chi connectivity index (χ0n) is 11.7. The number of aromatic nitrogens is 2. The van der Waals surface area contributed by atoms with E-state index in [-0.39, 0.29) is 30.0 Å². The van der Waals surface area contributed by atoms with Crippen LogP contribution in [0, 0.1) is 10.1 Å². The van der Waals surface area contributed by atoms with Crippen LogP contribution >= 0.6 is 11.3 Å². The second-order valence-electron chi connectivity index (χ2n) is 5.49. The van der Waals surface area contributed by atoms with Crippen LogP contribution in [0.4, 0.5) is 5.82 Å². The number of hydrogen-bond donors (Lipinski definition) is 1. The molecule has 1 unspecified atom stereocenters. The topological polar surface area (TPSA) is 90.9 Å². The maximum atomic E-state index is 11.2. The fourth-order valence-corrected chi connectivity index (χ4v) is 3.05. The van der Waals surface area contributed by atoms with Gasteiger partial charge in [0.1, 0.15) is 18.9 Å². The molecule has 1 aliphatic rings. The van der Waals surface area contributed by atoms with Crippen molar-refractivity contribution in [3.05, 3.63) is 21.7 Å². The average molecular weight is 312 g/mol. The van der Waals surface area contributed by atoms with Gasteiger partial charge in [-0.3, -0.25) is 0 Å². The Labute approximate surface area is 124 Å². The van der Waals surface area contributed by atoms with Crippen molar-refractivity contribution in [1.82, 2.24) is 14.7 Å². The molecule has 0 aliphatic carbocycles. The normalized spacial score (nSPS) is 21.5. The van der Waals surface area contributed by atoms with Crippen LogP contribution in [-0.4, -0.2) is 45.7 Å². The lowest BCUT2D eigenvalue weighted by Crippen LogP contribution is -2.52. The summed E-state index contributed by atoms with van der Waals surface area (Å²) < 4.78 is 12.8. The molecule has 8 nitrogen and oxygen atoms in total. The third-order valence-electron chi connectivity index (χ3n) is 3.19. The Balaban J connectivity index is 1.74. The van der Waals surface area contributed by atoms with Gasteiger partial charge in [0.05, 0.1) is 5.60 Å². The van der Waals surface area contributed by atoms with Gasteiger partial charge in [-0.25, -0.2) is 0 Å². The number of nitro groups is 1. The predicted octanol–water partition coefficient (Wildman–Crippen LogP) is 1.45. The van der Waals surface area contributed by atoms with E-state index in [9.17, 15) is 10.1 Å². The van der Waals surface area contributed by atoms with Crippen LogP contribution in [-0.2, 0) is 4.74 Å². The first-order valence-electron chi connectivity index (χ1n) is 6.57. The van der Waals surface area contributed by atoms with Crippen molar-refractivity contribution in [3.8, 4) is 5.88 Å². The van der Waals surface area contributed by atoms with Crippen molar-refractivity contribution in [1.29, 1.82) is 0 Å². The lowest BCUT2D eigenvalue weighted by molar-refractivity contribution is -0.391. The van der Waals surface area contributed by atoms with Crippen LogP contribution in [0.1, 0.15) is 13.8 Å². The first kappa shape index (κ1) is 14.2. The Hall–Kier alpha value is -1.71. The van der Waals surface area contributed by atoms with E-state index >= 15 is 0 Å². The van der Waals surface area contributed by atoms with E-state index in [0.717, 1.165) is 6.54 Å². The molecule has 0 bridgehead atoms. The number of thiazole rings is 1. The van der Waals surface area contributed by atoms with Crippen LogP contribution in [0.2, 0.25) is 0 Å². The van der Waals surface area contributed by atoms with Crippen molar-refractivity contribution in [2.75, 3.05) is 19.7 Å². The van der Waals surface area contributed by atoms with Gasteiger partial charge in [0.25, 0.3) is 4.96 Å². The van der Waals surface area contributed by atoms with Gasteiger partial charge in [-0.1, -0.05) is 11.3 Å². The SMILES string of the molecule is CC1(C)CNCC(COc2nc3sccn3c2[N+](=O)[O-])O1. The molecule has 1 N–H and O–H groups in total. The van der Waals surface area contributed by atoms with E-state index in [1.807, 2.05) is 13.8 Å². The van der Waals surface area contributed by atoms with E-state index in [2.05, 4.69) is 10.3 Å². The zero-order valence-corrected chi connectivity index (χ0v) is 12.6. The van der Waals surface area contributed by atoms with Gasteiger partial charge in [0.2, 0.25) is 0 Å².